The van der Waals surface area contributed by atoms with Crippen LogP contribution in [-0.4, -0.2) is 126 Å². The Balaban J connectivity index is 1.41. The van der Waals surface area contributed by atoms with Crippen LogP contribution < -0.4 is 5.32 Å². The molecule has 1 aromatic rings. The van der Waals surface area contributed by atoms with Gasteiger partial charge in [-0.05, 0) is 31.2 Å². The van der Waals surface area contributed by atoms with Gasteiger partial charge in [0.1, 0.15) is 17.7 Å². The van der Waals surface area contributed by atoms with Crippen LogP contribution in [0.1, 0.15) is 50.7 Å². The van der Waals surface area contributed by atoms with Crippen molar-refractivity contribution in [3.8, 4) is 0 Å². The first-order chi connectivity index (χ1) is 23.3. The fourth-order valence-corrected chi connectivity index (χ4v) is 7.79. The highest BCUT2D eigenvalue weighted by molar-refractivity contribution is 5.98. The predicted molar refractivity (Wildman–Crippen MR) is 177 cm³/mol. The molecule has 3 amide bonds. The van der Waals surface area contributed by atoms with Gasteiger partial charge in [-0.25, -0.2) is 0 Å². The summed E-state index contributed by atoms with van der Waals surface area (Å²) in [5.74, 6) is -3.32. The lowest BCUT2D eigenvalue weighted by Crippen LogP contribution is -2.59. The number of ether oxygens (including phenoxy) is 3. The number of allylic oxidation sites excluding steroid dienone is 1. The van der Waals surface area contributed by atoms with Gasteiger partial charge in [-0.2, -0.15) is 0 Å². The number of likely N-dealkylation sites (tertiary alicyclic amines) is 1. The Kier molecular flexibility index (Phi) is 12.1. The summed E-state index contributed by atoms with van der Waals surface area (Å²) in [5, 5.41) is 13.3. The van der Waals surface area contributed by atoms with Gasteiger partial charge >= 0.3 is 5.97 Å². The summed E-state index contributed by atoms with van der Waals surface area (Å²) in [7, 11) is 0. The number of benzene rings is 1. The highest BCUT2D eigenvalue weighted by Gasteiger charge is 2.75. The van der Waals surface area contributed by atoms with E-state index in [4.69, 9.17) is 14.2 Å². The molecule has 0 aromatic heterocycles. The average molecular weight is 667 g/mol. The highest BCUT2D eigenvalue weighted by Crippen LogP contribution is 2.59. The van der Waals surface area contributed by atoms with Crippen molar-refractivity contribution >= 4 is 23.7 Å². The maximum atomic E-state index is 14.6. The molecule has 48 heavy (non-hydrogen) atoms. The number of nitrogens with zero attached hydrogens (tertiary/aromatic N) is 3. The summed E-state index contributed by atoms with van der Waals surface area (Å²) >= 11 is 0. The number of carbonyl (C=O) groups excluding carboxylic acids is 4. The summed E-state index contributed by atoms with van der Waals surface area (Å²) < 4.78 is 18.2. The second kappa shape index (κ2) is 16.2. The van der Waals surface area contributed by atoms with Gasteiger partial charge in [0, 0.05) is 39.1 Å². The molecule has 4 aliphatic heterocycles. The third-order valence-electron chi connectivity index (χ3n) is 10.3. The van der Waals surface area contributed by atoms with E-state index in [9.17, 15) is 24.3 Å². The van der Waals surface area contributed by atoms with Crippen LogP contribution in [0.2, 0.25) is 0 Å². The fourth-order valence-electron chi connectivity index (χ4n) is 7.79. The first-order valence-corrected chi connectivity index (χ1v) is 17.2. The van der Waals surface area contributed by atoms with Crippen LogP contribution in [-0.2, 0) is 33.4 Å². The van der Waals surface area contributed by atoms with E-state index in [1.807, 2.05) is 37.3 Å². The number of rotatable bonds is 17. The van der Waals surface area contributed by atoms with Gasteiger partial charge in [-0.3, -0.25) is 24.1 Å². The van der Waals surface area contributed by atoms with E-state index in [-0.39, 0.29) is 43.8 Å². The molecule has 2 N–H and O–H groups in total. The minimum atomic E-state index is -1.23. The van der Waals surface area contributed by atoms with Crippen molar-refractivity contribution in [3.05, 3.63) is 61.2 Å². The Bertz CT molecular complexity index is 1320. The van der Waals surface area contributed by atoms with E-state index >= 15 is 0 Å². The lowest BCUT2D eigenvalue weighted by Gasteiger charge is -2.39. The molecule has 1 aromatic carbocycles. The van der Waals surface area contributed by atoms with Gasteiger partial charge in [0.2, 0.25) is 17.7 Å². The largest absolute Gasteiger partial charge is 0.455 e. The lowest BCUT2D eigenvalue weighted by molar-refractivity contribution is -0.161. The number of nitrogens with one attached hydrogen (secondary N) is 1. The molecule has 4 heterocycles. The minimum Gasteiger partial charge on any atom is -0.455 e. The second-order valence-corrected chi connectivity index (χ2v) is 13.0. The molecular formula is C36H50N4O8. The molecule has 0 saturated carbocycles. The Hall–Kier alpha value is -3.58. The smallest absolute Gasteiger partial charge is 0.313 e. The van der Waals surface area contributed by atoms with Crippen molar-refractivity contribution in [1.82, 2.24) is 20.0 Å². The van der Waals surface area contributed by atoms with Gasteiger partial charge in [0.25, 0.3) is 0 Å². The van der Waals surface area contributed by atoms with Gasteiger partial charge in [-0.1, -0.05) is 49.4 Å². The molecule has 262 valence electrons. The second-order valence-electron chi connectivity index (χ2n) is 13.0. The van der Waals surface area contributed by atoms with Gasteiger partial charge in [0.15, 0.2) is 0 Å². The molecule has 0 aliphatic carbocycles. The monoisotopic (exact) mass is 666 g/mol. The molecule has 0 unspecified atom stereocenters. The van der Waals surface area contributed by atoms with Crippen molar-refractivity contribution in [1.29, 1.82) is 0 Å². The molecule has 12 nitrogen and oxygen atoms in total. The molecule has 7 atom stereocenters. The zero-order valence-electron chi connectivity index (χ0n) is 28.0. The Morgan fingerprint density at radius 1 is 1.19 bits per heavy atom. The van der Waals surface area contributed by atoms with Crippen molar-refractivity contribution in [2.75, 3.05) is 59.1 Å². The summed E-state index contributed by atoms with van der Waals surface area (Å²) in [4.78, 5) is 61.1. The number of esters is 1. The van der Waals surface area contributed by atoms with Crippen molar-refractivity contribution < 1.29 is 38.5 Å². The highest BCUT2D eigenvalue weighted by atomic mass is 16.6. The van der Waals surface area contributed by atoms with Crippen LogP contribution in [0.3, 0.4) is 0 Å². The molecule has 12 heteroatoms. The summed E-state index contributed by atoms with van der Waals surface area (Å²) in [6.45, 7) is 13.3. The third kappa shape index (κ3) is 7.22. The molecule has 4 saturated heterocycles. The van der Waals surface area contributed by atoms with E-state index in [0.717, 1.165) is 13.1 Å². The predicted octanol–water partition coefficient (Wildman–Crippen LogP) is 1.85. The quantitative estimate of drug-likeness (QED) is 0.189. The maximum Gasteiger partial charge on any atom is 0.313 e. The molecule has 4 aliphatic rings. The number of hydrogen-bond acceptors (Lipinski definition) is 9. The topological polar surface area (TPSA) is 138 Å². The number of morpholine rings is 1. The van der Waals surface area contributed by atoms with E-state index in [2.05, 4.69) is 23.4 Å². The number of amides is 3. The average Bonchev–Trinajstić information content (AvgIpc) is 3.76. The Morgan fingerprint density at radius 3 is 2.60 bits per heavy atom. The van der Waals surface area contributed by atoms with Crippen molar-refractivity contribution in [2.24, 2.45) is 11.8 Å². The van der Waals surface area contributed by atoms with Crippen LogP contribution in [0.4, 0.5) is 0 Å². The number of carbonyl (C=O) groups is 4. The van der Waals surface area contributed by atoms with E-state index in [1.165, 1.54) is 4.90 Å². The minimum absolute atomic E-state index is 0.0586. The van der Waals surface area contributed by atoms with Crippen LogP contribution in [0.5, 0.6) is 0 Å². The molecule has 4 fully saturated rings. The van der Waals surface area contributed by atoms with Gasteiger partial charge in [0.05, 0.1) is 50.3 Å². The molecule has 5 rings (SSSR count). The normalized spacial score (nSPS) is 27.6. The molecule has 2 bridgehead atoms. The Morgan fingerprint density at radius 2 is 1.94 bits per heavy atom. The van der Waals surface area contributed by atoms with Gasteiger partial charge in [-0.15, -0.1) is 13.2 Å². The lowest BCUT2D eigenvalue weighted by atomic mass is 9.70. The van der Waals surface area contributed by atoms with Crippen LogP contribution in [0, 0.1) is 11.8 Å². The molecular weight excluding hydrogens is 616 g/mol. The van der Waals surface area contributed by atoms with Crippen LogP contribution in [0.15, 0.2) is 55.6 Å². The standard InChI is InChI=1S/C36H50N4O8/c1-4-7-13-29(42)37-23-28(25-11-9-8-10-12-25)47-35(45)30-27-14-15-36(48-27)31(30)33(43)40(26(6-3)24-41)32(36)34(44)39(16-5-2)18-17-38-19-21-46-22-20-38/h4-5,8-12,26-28,30-32,41H,1-2,6-7,13-24H2,3H3,(H,37,42)/t26-,27+,28-,30-,31-,32+,36-/m0/s1. The van der Waals surface area contributed by atoms with Crippen LogP contribution >= 0.6 is 0 Å². The number of aliphatic hydroxyl groups excluding tert-OH is 1. The summed E-state index contributed by atoms with van der Waals surface area (Å²) in [6.07, 6.45) is 4.07. The summed E-state index contributed by atoms with van der Waals surface area (Å²) in [6, 6.07) is 7.52. The third-order valence-corrected chi connectivity index (χ3v) is 10.3. The molecule has 1 spiro atoms. The SMILES string of the molecule is C=CCCC(=O)NC[C@H](OC(=O)[C@@H]1[C@H]2C(=O)N([C@@H](CC)CO)[C@H](C(=O)N(CC=C)CCN3CCOCC3)[C@]23CC[C@H]1O3)c1ccccc1. The van der Waals surface area contributed by atoms with Crippen molar-refractivity contribution in [2.45, 2.75) is 68.9 Å². The van der Waals surface area contributed by atoms with E-state index < -0.39 is 47.7 Å². The maximum absolute atomic E-state index is 14.6. The van der Waals surface area contributed by atoms with Gasteiger partial charge < -0.3 is 34.4 Å². The fraction of sp³-hybridized carbons (Fsp3) is 0.611. The van der Waals surface area contributed by atoms with Crippen LogP contribution in [0.25, 0.3) is 0 Å². The Labute approximate surface area is 283 Å². The summed E-state index contributed by atoms with van der Waals surface area (Å²) in [5.41, 5.74) is -0.530. The first kappa shape index (κ1) is 35.7. The first-order valence-electron chi connectivity index (χ1n) is 17.2. The zero-order chi connectivity index (χ0) is 34.3. The number of hydrogen-bond donors (Lipinski definition) is 2. The molecule has 0 radical (unpaired) electrons. The van der Waals surface area contributed by atoms with Crippen molar-refractivity contribution in [3.63, 3.8) is 0 Å². The number of aliphatic hydroxyl groups is 1. The number of fused-ring (bicyclic) bond motifs is 1. The van der Waals surface area contributed by atoms with E-state index in [0.29, 0.717) is 57.6 Å². The van der Waals surface area contributed by atoms with E-state index in [1.54, 1.807) is 17.1 Å². The zero-order valence-corrected chi connectivity index (χ0v) is 28.0.